The normalized spacial score (nSPS) is 34.0. The number of halogens is 2. The Labute approximate surface area is 221 Å². The molecule has 10 nitrogen and oxygen atoms in total. The molecule has 5 N–H and O–H groups in total. The minimum absolute atomic E-state index is 0.0245. The van der Waals surface area contributed by atoms with Crippen molar-refractivity contribution in [1.29, 1.82) is 0 Å². The minimum atomic E-state index is -3.13. The van der Waals surface area contributed by atoms with E-state index < -0.39 is 70.8 Å². The highest BCUT2D eigenvalue weighted by molar-refractivity contribution is 5.97. The number of fused-ring (bicyclic) bond motifs is 1. The van der Waals surface area contributed by atoms with Gasteiger partial charge in [-0.25, -0.2) is 8.78 Å². The van der Waals surface area contributed by atoms with Gasteiger partial charge in [-0.1, -0.05) is 34.6 Å². The fourth-order valence-corrected chi connectivity index (χ4v) is 6.22. The van der Waals surface area contributed by atoms with Gasteiger partial charge in [-0.3, -0.25) is 24.0 Å². The molecule has 2 aliphatic carbocycles. The summed E-state index contributed by atoms with van der Waals surface area (Å²) in [6.45, 7) is 11.1. The number of nitrogens with zero attached hydrogens (tertiary/aromatic N) is 1. The quantitative estimate of drug-likeness (QED) is 0.355. The van der Waals surface area contributed by atoms with E-state index in [0.29, 0.717) is 13.0 Å². The lowest BCUT2D eigenvalue weighted by Gasteiger charge is -2.38. The third kappa shape index (κ3) is 4.64. The average molecular weight is 540 g/mol. The van der Waals surface area contributed by atoms with Gasteiger partial charge < -0.3 is 26.6 Å². The molecule has 2 saturated heterocycles. The molecule has 4 rings (SSSR count). The standard InChI is InChI=1S/C26H39F2N5O5/c1-23(2,3)17(32-22(38)25(6)11-26(25,27)28)21(37)33-10-13-15(24(13,4)5)16(33)20(36)31-14(18(29)34)9-12-7-8-30-19(12)35/h12-17H,7-11H2,1-6H3,(H2,29,34)(H,30,35)(H,31,36)(H,32,38)/t12-,13-,14-,15-,16-,17+,25?/m0/s1. The third-order valence-corrected chi connectivity index (χ3v) is 9.25. The number of piperidine rings is 1. The van der Waals surface area contributed by atoms with E-state index in [4.69, 9.17) is 5.73 Å². The summed E-state index contributed by atoms with van der Waals surface area (Å²) < 4.78 is 27.8. The van der Waals surface area contributed by atoms with E-state index in [9.17, 15) is 32.8 Å². The van der Waals surface area contributed by atoms with E-state index in [1.807, 2.05) is 13.8 Å². The molecule has 1 unspecified atom stereocenters. The van der Waals surface area contributed by atoms with Crippen LogP contribution in [0.2, 0.25) is 0 Å². The van der Waals surface area contributed by atoms with Gasteiger partial charge in [0.1, 0.15) is 23.5 Å². The van der Waals surface area contributed by atoms with E-state index in [2.05, 4.69) is 16.0 Å². The number of nitrogens with two attached hydrogens (primary N) is 1. The fraction of sp³-hybridized carbons (Fsp3) is 0.808. The summed E-state index contributed by atoms with van der Waals surface area (Å²) in [6.07, 6.45) is -0.00873. The second-order valence-corrected chi connectivity index (χ2v) is 13.4. The topological polar surface area (TPSA) is 151 Å². The number of carbonyl (C=O) groups is 5. The first-order valence-corrected chi connectivity index (χ1v) is 13.2. The van der Waals surface area contributed by atoms with Gasteiger partial charge in [-0.15, -0.1) is 0 Å². The van der Waals surface area contributed by atoms with Gasteiger partial charge in [0, 0.05) is 25.4 Å². The molecule has 2 heterocycles. The Hall–Kier alpha value is -2.79. The molecular weight excluding hydrogens is 500 g/mol. The lowest BCUT2D eigenvalue weighted by molar-refractivity contribution is -0.147. The van der Waals surface area contributed by atoms with E-state index in [1.54, 1.807) is 20.8 Å². The number of nitrogens with one attached hydrogen (secondary N) is 3. The van der Waals surface area contributed by atoms with Crippen molar-refractivity contribution in [3.05, 3.63) is 0 Å². The molecule has 212 valence electrons. The third-order valence-electron chi connectivity index (χ3n) is 9.25. The van der Waals surface area contributed by atoms with Crippen molar-refractivity contribution in [2.75, 3.05) is 13.1 Å². The molecular formula is C26H39F2N5O5. The first kappa shape index (κ1) is 28.2. The van der Waals surface area contributed by atoms with Gasteiger partial charge in [-0.2, -0.15) is 0 Å². The van der Waals surface area contributed by atoms with Gasteiger partial charge in [0.2, 0.25) is 29.5 Å². The molecule has 0 aromatic carbocycles. The van der Waals surface area contributed by atoms with Crippen LogP contribution >= 0.6 is 0 Å². The molecule has 0 aromatic rings. The van der Waals surface area contributed by atoms with Gasteiger partial charge >= 0.3 is 0 Å². The van der Waals surface area contributed by atoms with Crippen molar-refractivity contribution in [2.45, 2.75) is 84.9 Å². The van der Waals surface area contributed by atoms with Crippen LogP contribution in [-0.2, 0) is 24.0 Å². The Morgan fingerprint density at radius 2 is 1.76 bits per heavy atom. The van der Waals surface area contributed by atoms with Gasteiger partial charge in [0.15, 0.2) is 0 Å². The van der Waals surface area contributed by atoms with Crippen LogP contribution < -0.4 is 21.7 Å². The van der Waals surface area contributed by atoms with E-state index in [1.165, 1.54) is 11.8 Å². The first-order valence-electron chi connectivity index (χ1n) is 13.2. The molecule has 7 atom stereocenters. The summed E-state index contributed by atoms with van der Waals surface area (Å²) >= 11 is 0. The van der Waals surface area contributed by atoms with E-state index in [0.717, 1.165) is 0 Å². The highest BCUT2D eigenvalue weighted by Gasteiger charge is 2.73. The number of hydrogen-bond donors (Lipinski definition) is 4. The molecule has 0 aromatic heterocycles. The van der Waals surface area contributed by atoms with Gasteiger partial charge in [0.25, 0.3) is 5.92 Å². The Balaban J connectivity index is 1.54. The maximum Gasteiger partial charge on any atom is 0.263 e. The summed E-state index contributed by atoms with van der Waals surface area (Å²) in [5.41, 5.74) is 2.63. The number of likely N-dealkylation sites (tertiary alicyclic amines) is 1. The monoisotopic (exact) mass is 539 g/mol. The van der Waals surface area contributed by atoms with Crippen molar-refractivity contribution in [1.82, 2.24) is 20.9 Å². The number of amides is 5. The molecule has 4 aliphatic rings. The lowest BCUT2D eigenvalue weighted by atomic mass is 9.84. The zero-order valence-corrected chi connectivity index (χ0v) is 22.8. The van der Waals surface area contributed by atoms with Crippen molar-refractivity contribution >= 4 is 29.5 Å². The van der Waals surface area contributed by atoms with Crippen molar-refractivity contribution in [2.24, 2.45) is 39.7 Å². The summed E-state index contributed by atoms with van der Waals surface area (Å²) in [5, 5.41) is 7.92. The number of hydrogen-bond acceptors (Lipinski definition) is 5. The highest BCUT2D eigenvalue weighted by atomic mass is 19.3. The molecule has 2 saturated carbocycles. The Morgan fingerprint density at radius 3 is 2.24 bits per heavy atom. The maximum absolute atomic E-state index is 13.9. The maximum atomic E-state index is 13.9. The first-order chi connectivity index (χ1) is 17.3. The van der Waals surface area contributed by atoms with Crippen molar-refractivity contribution in [3.63, 3.8) is 0 Å². The van der Waals surface area contributed by atoms with Crippen molar-refractivity contribution < 1.29 is 32.8 Å². The molecule has 38 heavy (non-hydrogen) atoms. The molecule has 4 fully saturated rings. The van der Waals surface area contributed by atoms with Crippen molar-refractivity contribution in [3.8, 4) is 0 Å². The molecule has 5 amide bonds. The average Bonchev–Trinajstić information content (AvgIpc) is 3.28. The van der Waals surface area contributed by atoms with Crippen LogP contribution in [0.3, 0.4) is 0 Å². The minimum Gasteiger partial charge on any atom is -0.368 e. The summed E-state index contributed by atoms with van der Waals surface area (Å²) in [7, 11) is 0. The molecule has 0 spiro atoms. The number of alkyl halides is 2. The predicted molar refractivity (Wildman–Crippen MR) is 132 cm³/mol. The fourth-order valence-electron chi connectivity index (χ4n) is 6.22. The second-order valence-electron chi connectivity index (χ2n) is 13.4. The van der Waals surface area contributed by atoms with Crippen LogP contribution in [0.1, 0.15) is 60.8 Å². The molecule has 2 aliphatic heterocycles. The molecule has 0 radical (unpaired) electrons. The van der Waals surface area contributed by atoms with Gasteiger partial charge in [0.05, 0.1) is 0 Å². The largest absolute Gasteiger partial charge is 0.368 e. The van der Waals surface area contributed by atoms with Crippen LogP contribution in [0, 0.1) is 34.0 Å². The van der Waals surface area contributed by atoms with E-state index >= 15 is 0 Å². The van der Waals surface area contributed by atoms with Crippen LogP contribution in [0.15, 0.2) is 0 Å². The van der Waals surface area contributed by atoms with Crippen LogP contribution in [0.25, 0.3) is 0 Å². The van der Waals surface area contributed by atoms with Crippen LogP contribution in [-0.4, -0.2) is 71.6 Å². The van der Waals surface area contributed by atoms with Gasteiger partial charge in [-0.05, 0) is 42.4 Å². The number of primary amides is 1. The SMILES string of the molecule is CC(C)(C)[C@H](NC(=O)C1(C)CC1(F)F)C(=O)N1C[C@H]2[C@@H]([C@H]1C(=O)N[C@@H](C[C@@H]1CCNC1=O)C(N)=O)C2(C)C. The Morgan fingerprint density at radius 1 is 1.16 bits per heavy atom. The Bertz CT molecular complexity index is 1070. The number of carbonyl (C=O) groups excluding carboxylic acids is 5. The molecule has 12 heteroatoms. The summed E-state index contributed by atoms with van der Waals surface area (Å²) in [6, 6.07) is -3.17. The van der Waals surface area contributed by atoms with Crippen LogP contribution in [0.5, 0.6) is 0 Å². The summed E-state index contributed by atoms with van der Waals surface area (Å²) in [4.78, 5) is 65.9. The second kappa shape index (κ2) is 8.87. The highest BCUT2D eigenvalue weighted by Crippen LogP contribution is 2.65. The zero-order chi connectivity index (χ0) is 28.6. The number of rotatable bonds is 8. The zero-order valence-electron chi connectivity index (χ0n) is 22.8. The molecule has 0 bridgehead atoms. The predicted octanol–water partition coefficient (Wildman–Crippen LogP) is 0.542. The Kier molecular flexibility index (Phi) is 6.59. The van der Waals surface area contributed by atoms with Crippen LogP contribution in [0.4, 0.5) is 8.78 Å². The lowest BCUT2D eigenvalue weighted by Crippen LogP contribution is -2.61. The van der Waals surface area contributed by atoms with E-state index in [-0.39, 0.29) is 36.1 Å². The summed E-state index contributed by atoms with van der Waals surface area (Å²) in [5.74, 6) is -6.72. The smallest absolute Gasteiger partial charge is 0.263 e.